The summed E-state index contributed by atoms with van der Waals surface area (Å²) in [5.74, 6) is -0.202. The van der Waals surface area contributed by atoms with Gasteiger partial charge in [-0.1, -0.05) is 36.0 Å². The number of hydrogen-bond acceptors (Lipinski definition) is 6. The number of carbonyl (C=O) groups excluding carboxylic acids is 1. The SMILES string of the molecule is O=C(C[C@H]1CCCCN1S(=O)(=O)c1cccs1)Nc1nc2ccccc2s1. The van der Waals surface area contributed by atoms with Crippen LogP contribution in [-0.4, -0.2) is 36.2 Å². The van der Waals surface area contributed by atoms with E-state index in [-0.39, 0.29) is 18.4 Å². The van der Waals surface area contributed by atoms with Gasteiger partial charge in [-0.2, -0.15) is 4.31 Å². The van der Waals surface area contributed by atoms with E-state index in [4.69, 9.17) is 0 Å². The molecule has 27 heavy (non-hydrogen) atoms. The first-order valence-electron chi connectivity index (χ1n) is 8.75. The zero-order chi connectivity index (χ0) is 18.9. The van der Waals surface area contributed by atoms with Crippen LogP contribution in [0.1, 0.15) is 25.7 Å². The van der Waals surface area contributed by atoms with E-state index in [2.05, 4.69) is 10.3 Å². The number of aromatic nitrogens is 1. The standard InChI is InChI=1S/C18H19N3O3S3/c22-16(20-18-19-14-7-1-2-8-15(14)26-18)12-13-6-3-4-10-21(13)27(23,24)17-9-5-11-25-17/h1-2,5,7-9,11,13H,3-4,6,10,12H2,(H,19,20,22)/t13-/m1/s1. The van der Waals surface area contributed by atoms with E-state index >= 15 is 0 Å². The summed E-state index contributed by atoms with van der Waals surface area (Å²) in [7, 11) is -3.55. The first-order valence-corrected chi connectivity index (χ1v) is 11.9. The molecule has 6 nitrogen and oxygen atoms in total. The highest BCUT2D eigenvalue weighted by Crippen LogP contribution is 2.30. The first kappa shape index (κ1) is 18.5. The molecule has 0 bridgehead atoms. The number of sulfonamides is 1. The van der Waals surface area contributed by atoms with Crippen molar-refractivity contribution >= 4 is 54.0 Å². The Morgan fingerprint density at radius 2 is 2.07 bits per heavy atom. The number of rotatable bonds is 5. The van der Waals surface area contributed by atoms with Gasteiger partial charge >= 0.3 is 0 Å². The summed E-state index contributed by atoms with van der Waals surface area (Å²) in [4.78, 5) is 17.0. The maximum atomic E-state index is 12.9. The molecule has 4 rings (SSSR count). The Kier molecular flexibility index (Phi) is 5.27. The summed E-state index contributed by atoms with van der Waals surface area (Å²) < 4.78 is 28.7. The zero-order valence-electron chi connectivity index (χ0n) is 14.5. The molecule has 2 aromatic heterocycles. The lowest BCUT2D eigenvalue weighted by molar-refractivity contribution is -0.117. The maximum absolute atomic E-state index is 12.9. The summed E-state index contributed by atoms with van der Waals surface area (Å²) in [5, 5.41) is 5.14. The van der Waals surface area contributed by atoms with Crippen molar-refractivity contribution < 1.29 is 13.2 Å². The van der Waals surface area contributed by atoms with Crippen LogP contribution in [0.4, 0.5) is 5.13 Å². The number of para-hydroxylation sites is 1. The van der Waals surface area contributed by atoms with Crippen LogP contribution in [0.15, 0.2) is 46.0 Å². The molecule has 0 radical (unpaired) electrons. The van der Waals surface area contributed by atoms with Gasteiger partial charge in [0.05, 0.1) is 10.2 Å². The summed E-state index contributed by atoms with van der Waals surface area (Å²) in [6.45, 7) is 0.458. The van der Waals surface area contributed by atoms with Crippen LogP contribution in [0.5, 0.6) is 0 Å². The fourth-order valence-electron chi connectivity index (χ4n) is 3.33. The van der Waals surface area contributed by atoms with E-state index in [0.717, 1.165) is 23.1 Å². The Morgan fingerprint density at radius 3 is 2.85 bits per heavy atom. The van der Waals surface area contributed by atoms with E-state index in [0.29, 0.717) is 22.3 Å². The van der Waals surface area contributed by atoms with Crippen molar-refractivity contribution in [2.75, 3.05) is 11.9 Å². The molecular formula is C18H19N3O3S3. The molecule has 3 aromatic rings. The maximum Gasteiger partial charge on any atom is 0.252 e. The molecule has 1 atom stereocenters. The number of piperidine rings is 1. The van der Waals surface area contributed by atoms with E-state index in [1.807, 2.05) is 24.3 Å². The molecular weight excluding hydrogens is 402 g/mol. The quantitative estimate of drug-likeness (QED) is 0.677. The number of amides is 1. The van der Waals surface area contributed by atoms with Gasteiger partial charge in [0.2, 0.25) is 5.91 Å². The Labute approximate surface area is 165 Å². The number of nitrogens with zero attached hydrogens (tertiary/aromatic N) is 2. The Hall–Kier alpha value is -1.81. The van der Waals surface area contributed by atoms with E-state index in [1.54, 1.807) is 17.5 Å². The lowest BCUT2D eigenvalue weighted by Crippen LogP contribution is -2.45. The second-order valence-electron chi connectivity index (χ2n) is 6.44. The van der Waals surface area contributed by atoms with Gasteiger partial charge in [-0.25, -0.2) is 13.4 Å². The van der Waals surface area contributed by atoms with Gasteiger partial charge < -0.3 is 5.32 Å². The number of carbonyl (C=O) groups is 1. The van der Waals surface area contributed by atoms with Gasteiger partial charge in [0.15, 0.2) is 5.13 Å². The fraction of sp³-hybridized carbons (Fsp3) is 0.333. The van der Waals surface area contributed by atoms with E-state index in [9.17, 15) is 13.2 Å². The number of thiophene rings is 1. The predicted octanol–water partition coefficient (Wildman–Crippen LogP) is 3.93. The largest absolute Gasteiger partial charge is 0.302 e. The number of thiazole rings is 1. The lowest BCUT2D eigenvalue weighted by atomic mass is 10.0. The van der Waals surface area contributed by atoms with Crippen LogP contribution in [0, 0.1) is 0 Å². The highest BCUT2D eigenvalue weighted by molar-refractivity contribution is 7.91. The highest BCUT2D eigenvalue weighted by atomic mass is 32.2. The minimum atomic E-state index is -3.55. The van der Waals surface area contributed by atoms with E-state index in [1.165, 1.54) is 27.0 Å². The molecule has 1 saturated heterocycles. The molecule has 0 saturated carbocycles. The average molecular weight is 422 g/mol. The van der Waals surface area contributed by atoms with Crippen LogP contribution < -0.4 is 5.32 Å². The number of fused-ring (bicyclic) bond motifs is 1. The number of hydrogen-bond donors (Lipinski definition) is 1. The van der Waals surface area contributed by atoms with Crippen LogP contribution in [0.25, 0.3) is 10.2 Å². The van der Waals surface area contributed by atoms with Crippen molar-refractivity contribution in [1.29, 1.82) is 0 Å². The minimum Gasteiger partial charge on any atom is -0.302 e. The first-order chi connectivity index (χ1) is 13.0. The summed E-state index contributed by atoms with van der Waals surface area (Å²) in [6.07, 6.45) is 2.58. The zero-order valence-corrected chi connectivity index (χ0v) is 16.9. The van der Waals surface area contributed by atoms with Crippen molar-refractivity contribution in [1.82, 2.24) is 9.29 Å². The summed E-state index contributed by atoms with van der Waals surface area (Å²) >= 11 is 2.63. The van der Waals surface area contributed by atoms with Crippen molar-refractivity contribution in [3.63, 3.8) is 0 Å². The third-order valence-corrected chi connectivity index (χ3v) is 8.87. The summed E-state index contributed by atoms with van der Waals surface area (Å²) in [5.41, 5.74) is 0.845. The predicted molar refractivity (Wildman–Crippen MR) is 109 cm³/mol. The number of nitrogens with one attached hydrogen (secondary N) is 1. The number of benzene rings is 1. The van der Waals surface area contributed by atoms with Gasteiger partial charge in [0.25, 0.3) is 10.0 Å². The second kappa shape index (κ2) is 7.67. The molecule has 1 amide bonds. The van der Waals surface area contributed by atoms with Crippen LogP contribution in [0.3, 0.4) is 0 Å². The van der Waals surface area contributed by atoms with Crippen molar-refractivity contribution in [3.05, 3.63) is 41.8 Å². The van der Waals surface area contributed by atoms with Gasteiger partial charge in [0, 0.05) is 19.0 Å². The monoisotopic (exact) mass is 421 g/mol. The Bertz CT molecular complexity index is 1010. The van der Waals surface area contributed by atoms with Crippen LogP contribution in [-0.2, 0) is 14.8 Å². The van der Waals surface area contributed by atoms with Crippen LogP contribution in [0.2, 0.25) is 0 Å². The molecule has 3 heterocycles. The summed E-state index contributed by atoms with van der Waals surface area (Å²) in [6, 6.07) is 10.7. The smallest absolute Gasteiger partial charge is 0.252 e. The molecule has 9 heteroatoms. The minimum absolute atomic E-state index is 0.139. The Balaban J connectivity index is 1.48. The topological polar surface area (TPSA) is 79.4 Å². The van der Waals surface area contributed by atoms with Gasteiger partial charge in [-0.3, -0.25) is 4.79 Å². The molecule has 1 N–H and O–H groups in total. The lowest BCUT2D eigenvalue weighted by Gasteiger charge is -2.33. The molecule has 1 aliphatic rings. The van der Waals surface area contributed by atoms with Gasteiger partial charge in [0.1, 0.15) is 4.21 Å². The number of anilines is 1. The van der Waals surface area contributed by atoms with Gasteiger partial charge in [-0.15, -0.1) is 11.3 Å². The van der Waals surface area contributed by atoms with Gasteiger partial charge in [-0.05, 0) is 36.4 Å². The molecule has 1 aliphatic heterocycles. The molecule has 1 fully saturated rings. The molecule has 0 unspecified atom stereocenters. The second-order valence-corrected chi connectivity index (χ2v) is 10.5. The molecule has 0 spiro atoms. The highest BCUT2D eigenvalue weighted by Gasteiger charge is 2.35. The van der Waals surface area contributed by atoms with Crippen LogP contribution >= 0.6 is 22.7 Å². The van der Waals surface area contributed by atoms with Crippen molar-refractivity contribution in [2.24, 2.45) is 0 Å². The molecule has 1 aromatic carbocycles. The Morgan fingerprint density at radius 1 is 1.22 bits per heavy atom. The van der Waals surface area contributed by atoms with Crippen molar-refractivity contribution in [3.8, 4) is 0 Å². The third-order valence-electron chi connectivity index (χ3n) is 4.59. The normalized spacial score (nSPS) is 18.6. The average Bonchev–Trinajstić information content (AvgIpc) is 3.31. The molecule has 0 aliphatic carbocycles. The third kappa shape index (κ3) is 3.91. The van der Waals surface area contributed by atoms with Crippen molar-refractivity contribution in [2.45, 2.75) is 35.9 Å². The van der Waals surface area contributed by atoms with E-state index < -0.39 is 10.0 Å². The fourth-order valence-corrected chi connectivity index (χ4v) is 7.02. The molecule has 142 valence electrons.